The molecule has 0 aromatic heterocycles. The first kappa shape index (κ1) is 13.3. The first-order chi connectivity index (χ1) is 8.31. The second-order valence-corrected chi connectivity index (χ2v) is 5.60. The second-order valence-electron chi connectivity index (χ2n) is 5.60. The number of aliphatic hydroxyl groups excluding tert-OH is 1. The van der Waals surface area contributed by atoms with Crippen LogP contribution in [0.1, 0.15) is 45.4 Å². The third-order valence-electron chi connectivity index (χ3n) is 4.41. The standard InChI is InChI=1S/C14H27NO2/c1-2-13-11-17-9-8-15(13)10-12-6-4-3-5-7-14(12)16/h12-14,16H,2-11H2,1H3. The molecule has 0 spiro atoms. The van der Waals surface area contributed by atoms with Crippen LogP contribution in [0, 0.1) is 5.92 Å². The van der Waals surface area contributed by atoms with E-state index in [1.807, 2.05) is 0 Å². The lowest BCUT2D eigenvalue weighted by Gasteiger charge is -2.38. The molecule has 17 heavy (non-hydrogen) atoms. The summed E-state index contributed by atoms with van der Waals surface area (Å²) in [7, 11) is 0. The molecule has 3 unspecified atom stereocenters. The largest absolute Gasteiger partial charge is 0.393 e. The maximum Gasteiger partial charge on any atom is 0.0622 e. The Bertz CT molecular complexity index is 222. The molecule has 0 amide bonds. The molecule has 1 saturated heterocycles. The summed E-state index contributed by atoms with van der Waals surface area (Å²) in [4.78, 5) is 2.54. The molecule has 3 atom stereocenters. The molecule has 0 radical (unpaired) electrons. The SMILES string of the molecule is CCC1COCCN1CC1CCCCCC1O. The smallest absolute Gasteiger partial charge is 0.0622 e. The van der Waals surface area contributed by atoms with Crippen molar-refractivity contribution in [1.29, 1.82) is 0 Å². The zero-order valence-electron chi connectivity index (χ0n) is 11.1. The summed E-state index contributed by atoms with van der Waals surface area (Å²) in [5.41, 5.74) is 0. The molecule has 1 N–H and O–H groups in total. The highest BCUT2D eigenvalue weighted by atomic mass is 16.5. The monoisotopic (exact) mass is 241 g/mol. The Morgan fingerprint density at radius 3 is 2.88 bits per heavy atom. The van der Waals surface area contributed by atoms with E-state index in [2.05, 4.69) is 11.8 Å². The number of hydrogen-bond donors (Lipinski definition) is 1. The summed E-state index contributed by atoms with van der Waals surface area (Å²) in [5, 5.41) is 10.2. The van der Waals surface area contributed by atoms with Gasteiger partial charge in [0, 0.05) is 19.1 Å². The van der Waals surface area contributed by atoms with E-state index >= 15 is 0 Å². The molecule has 1 saturated carbocycles. The summed E-state index contributed by atoms with van der Waals surface area (Å²) in [5.74, 6) is 0.490. The second kappa shape index (κ2) is 6.72. The minimum absolute atomic E-state index is 0.0714. The number of rotatable bonds is 3. The molecule has 2 rings (SSSR count). The zero-order chi connectivity index (χ0) is 12.1. The van der Waals surface area contributed by atoms with E-state index in [-0.39, 0.29) is 6.10 Å². The van der Waals surface area contributed by atoms with Crippen molar-refractivity contribution in [3.05, 3.63) is 0 Å². The Morgan fingerprint density at radius 1 is 1.24 bits per heavy atom. The lowest BCUT2D eigenvalue weighted by Crippen LogP contribution is -2.48. The van der Waals surface area contributed by atoms with Crippen molar-refractivity contribution in [1.82, 2.24) is 4.90 Å². The zero-order valence-corrected chi connectivity index (χ0v) is 11.1. The number of ether oxygens (including phenoxy) is 1. The molecule has 0 aromatic carbocycles. The minimum Gasteiger partial charge on any atom is -0.393 e. The molecular weight excluding hydrogens is 214 g/mol. The molecule has 1 aliphatic heterocycles. The highest BCUT2D eigenvalue weighted by Gasteiger charge is 2.28. The van der Waals surface area contributed by atoms with Crippen LogP contribution in [0.2, 0.25) is 0 Å². The summed E-state index contributed by atoms with van der Waals surface area (Å²) < 4.78 is 5.54. The van der Waals surface area contributed by atoms with Gasteiger partial charge in [0.05, 0.1) is 19.3 Å². The van der Waals surface area contributed by atoms with Gasteiger partial charge in [-0.3, -0.25) is 4.90 Å². The van der Waals surface area contributed by atoms with Gasteiger partial charge in [-0.2, -0.15) is 0 Å². The molecule has 100 valence electrons. The van der Waals surface area contributed by atoms with Gasteiger partial charge in [-0.1, -0.05) is 26.2 Å². The Hall–Kier alpha value is -0.120. The Balaban J connectivity index is 1.88. The molecule has 1 aliphatic carbocycles. The highest BCUT2D eigenvalue weighted by Crippen LogP contribution is 2.25. The predicted octanol–water partition coefficient (Wildman–Crippen LogP) is 2.04. The predicted molar refractivity (Wildman–Crippen MR) is 69.1 cm³/mol. The fraction of sp³-hybridized carbons (Fsp3) is 1.00. The summed E-state index contributed by atoms with van der Waals surface area (Å²) in [6, 6.07) is 0.569. The Kier molecular flexibility index (Phi) is 5.26. The van der Waals surface area contributed by atoms with E-state index in [1.54, 1.807) is 0 Å². The van der Waals surface area contributed by atoms with E-state index in [1.165, 1.54) is 25.7 Å². The van der Waals surface area contributed by atoms with Crippen molar-refractivity contribution in [2.24, 2.45) is 5.92 Å². The van der Waals surface area contributed by atoms with Crippen LogP contribution in [0.15, 0.2) is 0 Å². The van der Waals surface area contributed by atoms with E-state index in [9.17, 15) is 5.11 Å². The number of nitrogens with zero attached hydrogens (tertiary/aromatic N) is 1. The molecule has 0 bridgehead atoms. The maximum atomic E-state index is 10.2. The molecule has 2 fully saturated rings. The number of morpholine rings is 1. The highest BCUT2D eigenvalue weighted by molar-refractivity contribution is 4.81. The van der Waals surface area contributed by atoms with Crippen LogP contribution in [0.3, 0.4) is 0 Å². The van der Waals surface area contributed by atoms with E-state index in [4.69, 9.17) is 4.74 Å². The summed E-state index contributed by atoms with van der Waals surface area (Å²) >= 11 is 0. The Labute approximate surface area is 105 Å². The average molecular weight is 241 g/mol. The fourth-order valence-electron chi connectivity index (χ4n) is 3.18. The molecule has 3 nitrogen and oxygen atoms in total. The van der Waals surface area contributed by atoms with Gasteiger partial charge in [-0.15, -0.1) is 0 Å². The normalized spacial score (nSPS) is 36.7. The van der Waals surface area contributed by atoms with Gasteiger partial charge >= 0.3 is 0 Å². The Morgan fingerprint density at radius 2 is 2.06 bits per heavy atom. The topological polar surface area (TPSA) is 32.7 Å². The van der Waals surface area contributed by atoms with Gasteiger partial charge in [0.25, 0.3) is 0 Å². The van der Waals surface area contributed by atoms with Crippen LogP contribution in [0.5, 0.6) is 0 Å². The van der Waals surface area contributed by atoms with Crippen LogP contribution in [-0.4, -0.2) is 48.5 Å². The van der Waals surface area contributed by atoms with Crippen molar-refractivity contribution in [3.63, 3.8) is 0 Å². The van der Waals surface area contributed by atoms with Crippen LogP contribution < -0.4 is 0 Å². The lowest BCUT2D eigenvalue weighted by molar-refractivity contribution is -0.0284. The summed E-state index contributed by atoms with van der Waals surface area (Å²) in [6.45, 7) is 6.08. The molecule has 2 aliphatic rings. The van der Waals surface area contributed by atoms with Gasteiger partial charge in [-0.25, -0.2) is 0 Å². The van der Waals surface area contributed by atoms with Crippen LogP contribution in [0.25, 0.3) is 0 Å². The quantitative estimate of drug-likeness (QED) is 0.768. The molecule has 3 heteroatoms. The summed E-state index contributed by atoms with van der Waals surface area (Å²) in [6.07, 6.45) is 7.09. The van der Waals surface area contributed by atoms with Crippen LogP contribution in [-0.2, 0) is 4.74 Å². The van der Waals surface area contributed by atoms with Gasteiger partial charge in [-0.05, 0) is 25.2 Å². The van der Waals surface area contributed by atoms with Crippen molar-refractivity contribution in [2.45, 2.75) is 57.6 Å². The van der Waals surface area contributed by atoms with Crippen molar-refractivity contribution in [3.8, 4) is 0 Å². The van der Waals surface area contributed by atoms with Gasteiger partial charge in [0.1, 0.15) is 0 Å². The van der Waals surface area contributed by atoms with Gasteiger partial charge in [0.2, 0.25) is 0 Å². The third kappa shape index (κ3) is 3.67. The first-order valence-electron chi connectivity index (χ1n) is 7.31. The maximum absolute atomic E-state index is 10.2. The number of hydrogen-bond acceptors (Lipinski definition) is 3. The van der Waals surface area contributed by atoms with Gasteiger partial charge < -0.3 is 9.84 Å². The first-order valence-corrected chi connectivity index (χ1v) is 7.31. The van der Waals surface area contributed by atoms with Crippen molar-refractivity contribution < 1.29 is 9.84 Å². The molecule has 1 heterocycles. The minimum atomic E-state index is -0.0714. The average Bonchev–Trinajstić information content (AvgIpc) is 2.56. The van der Waals surface area contributed by atoms with E-state index in [0.717, 1.165) is 39.1 Å². The molecule has 0 aromatic rings. The van der Waals surface area contributed by atoms with Crippen molar-refractivity contribution in [2.75, 3.05) is 26.3 Å². The number of aliphatic hydroxyl groups is 1. The van der Waals surface area contributed by atoms with E-state index in [0.29, 0.717) is 12.0 Å². The molecular formula is C14H27NO2. The fourth-order valence-corrected chi connectivity index (χ4v) is 3.18. The van der Waals surface area contributed by atoms with Crippen LogP contribution >= 0.6 is 0 Å². The lowest BCUT2D eigenvalue weighted by atomic mass is 9.95. The van der Waals surface area contributed by atoms with Crippen LogP contribution in [0.4, 0.5) is 0 Å². The van der Waals surface area contributed by atoms with E-state index < -0.39 is 0 Å². The van der Waals surface area contributed by atoms with Gasteiger partial charge in [0.15, 0.2) is 0 Å². The van der Waals surface area contributed by atoms with Crippen molar-refractivity contribution >= 4 is 0 Å². The third-order valence-corrected chi connectivity index (χ3v) is 4.41.